The van der Waals surface area contributed by atoms with E-state index in [1.165, 1.54) is 13.0 Å². The molecule has 0 aliphatic carbocycles. The summed E-state index contributed by atoms with van der Waals surface area (Å²) < 4.78 is 38.8. The van der Waals surface area contributed by atoms with Gasteiger partial charge in [0.05, 0.1) is 4.90 Å². The molecule has 0 saturated carbocycles. The van der Waals surface area contributed by atoms with Gasteiger partial charge < -0.3 is 5.11 Å². The Morgan fingerprint density at radius 2 is 2.11 bits per heavy atom. The zero-order chi connectivity index (χ0) is 13.8. The van der Waals surface area contributed by atoms with Gasteiger partial charge in [0.1, 0.15) is 5.82 Å². The van der Waals surface area contributed by atoms with E-state index in [9.17, 15) is 17.6 Å². The highest BCUT2D eigenvalue weighted by atomic mass is 32.2. The first-order valence-corrected chi connectivity index (χ1v) is 6.79. The molecule has 18 heavy (non-hydrogen) atoms. The minimum atomic E-state index is -3.72. The number of carboxylic acids is 1. The molecule has 2 N–H and O–H groups in total. The third kappa shape index (κ3) is 4.08. The Balaban J connectivity index is 2.71. The minimum absolute atomic E-state index is 0.000718. The van der Waals surface area contributed by atoms with Crippen molar-refractivity contribution in [3.8, 4) is 0 Å². The molecule has 0 unspecified atom stereocenters. The molecule has 0 heterocycles. The van der Waals surface area contributed by atoms with E-state index in [-0.39, 0.29) is 24.3 Å². The average molecular weight is 275 g/mol. The van der Waals surface area contributed by atoms with Gasteiger partial charge in [-0.15, -0.1) is 0 Å². The smallest absolute Gasteiger partial charge is 0.303 e. The van der Waals surface area contributed by atoms with E-state index >= 15 is 0 Å². The number of hydrogen-bond acceptors (Lipinski definition) is 3. The molecular formula is C11H14FNO4S. The lowest BCUT2D eigenvalue weighted by Gasteiger charge is -2.08. The third-order valence-corrected chi connectivity index (χ3v) is 3.91. The summed E-state index contributed by atoms with van der Waals surface area (Å²) in [6, 6.07) is 3.38. The Hall–Kier alpha value is -1.47. The van der Waals surface area contributed by atoms with Crippen LogP contribution in [0.25, 0.3) is 0 Å². The van der Waals surface area contributed by atoms with Gasteiger partial charge in [0.25, 0.3) is 0 Å². The van der Waals surface area contributed by atoms with Crippen molar-refractivity contribution in [1.29, 1.82) is 0 Å². The Morgan fingerprint density at radius 3 is 2.67 bits per heavy atom. The summed E-state index contributed by atoms with van der Waals surface area (Å²) in [7, 11) is -3.72. The summed E-state index contributed by atoms with van der Waals surface area (Å²) >= 11 is 0. The van der Waals surface area contributed by atoms with E-state index in [1.54, 1.807) is 0 Å². The fourth-order valence-corrected chi connectivity index (χ4v) is 2.74. The maximum absolute atomic E-state index is 12.9. The number of benzene rings is 1. The molecule has 0 amide bonds. The molecule has 1 aromatic rings. The molecule has 5 nitrogen and oxygen atoms in total. The zero-order valence-corrected chi connectivity index (χ0v) is 10.6. The van der Waals surface area contributed by atoms with Gasteiger partial charge in [-0.05, 0) is 37.1 Å². The van der Waals surface area contributed by atoms with Crippen LogP contribution in [0.1, 0.15) is 18.4 Å². The summed E-state index contributed by atoms with van der Waals surface area (Å²) in [4.78, 5) is 10.3. The van der Waals surface area contributed by atoms with Crippen LogP contribution in [0.4, 0.5) is 4.39 Å². The van der Waals surface area contributed by atoms with Crippen molar-refractivity contribution in [2.24, 2.45) is 0 Å². The van der Waals surface area contributed by atoms with Crippen molar-refractivity contribution in [2.75, 3.05) is 6.54 Å². The number of nitrogens with one attached hydrogen (secondary N) is 1. The maximum Gasteiger partial charge on any atom is 0.303 e. The van der Waals surface area contributed by atoms with Crippen LogP contribution in [0.15, 0.2) is 23.1 Å². The van der Waals surface area contributed by atoms with Crippen LogP contribution in [0.3, 0.4) is 0 Å². The largest absolute Gasteiger partial charge is 0.481 e. The topological polar surface area (TPSA) is 83.5 Å². The molecule has 0 bridgehead atoms. The fourth-order valence-electron chi connectivity index (χ4n) is 1.44. The lowest BCUT2D eigenvalue weighted by atomic mass is 10.2. The number of carboxylic acid groups (broad SMARTS) is 1. The van der Waals surface area contributed by atoms with E-state index < -0.39 is 21.8 Å². The number of rotatable bonds is 6. The highest BCUT2D eigenvalue weighted by molar-refractivity contribution is 7.89. The molecular weight excluding hydrogens is 261 g/mol. The molecule has 0 aliphatic heterocycles. The second-order valence-electron chi connectivity index (χ2n) is 3.80. The van der Waals surface area contributed by atoms with Crippen molar-refractivity contribution >= 4 is 16.0 Å². The molecule has 1 rings (SSSR count). The summed E-state index contributed by atoms with van der Waals surface area (Å²) in [6.45, 7) is 1.53. The summed E-state index contributed by atoms with van der Waals surface area (Å²) in [5, 5.41) is 8.42. The molecule has 0 fully saturated rings. The van der Waals surface area contributed by atoms with E-state index in [0.29, 0.717) is 5.56 Å². The number of sulfonamides is 1. The van der Waals surface area contributed by atoms with Gasteiger partial charge in [-0.2, -0.15) is 0 Å². The molecule has 0 atom stereocenters. The van der Waals surface area contributed by atoms with Crippen molar-refractivity contribution < 1.29 is 22.7 Å². The summed E-state index contributed by atoms with van der Waals surface area (Å²) in [5.41, 5.74) is 0.306. The molecule has 100 valence electrons. The van der Waals surface area contributed by atoms with Crippen LogP contribution >= 0.6 is 0 Å². The van der Waals surface area contributed by atoms with Gasteiger partial charge >= 0.3 is 5.97 Å². The monoisotopic (exact) mass is 275 g/mol. The number of halogens is 1. The normalized spacial score (nSPS) is 11.4. The van der Waals surface area contributed by atoms with Crippen LogP contribution in [-0.2, 0) is 14.8 Å². The Morgan fingerprint density at radius 1 is 1.44 bits per heavy atom. The second kappa shape index (κ2) is 5.92. The molecule has 7 heteroatoms. The molecule has 0 radical (unpaired) electrons. The maximum atomic E-state index is 12.9. The highest BCUT2D eigenvalue weighted by Crippen LogP contribution is 2.15. The Bertz CT molecular complexity index is 542. The average Bonchev–Trinajstić information content (AvgIpc) is 2.23. The van der Waals surface area contributed by atoms with E-state index in [4.69, 9.17) is 5.11 Å². The number of aliphatic carboxylic acids is 1. The second-order valence-corrected chi connectivity index (χ2v) is 5.54. The first-order chi connectivity index (χ1) is 8.33. The molecule has 0 saturated heterocycles. The predicted molar refractivity (Wildman–Crippen MR) is 63.2 cm³/mol. The van der Waals surface area contributed by atoms with Crippen molar-refractivity contribution in [1.82, 2.24) is 4.72 Å². The predicted octanol–water partition coefficient (Wildman–Crippen LogP) is 1.28. The van der Waals surface area contributed by atoms with Gasteiger partial charge in [-0.25, -0.2) is 17.5 Å². The van der Waals surface area contributed by atoms with E-state index in [2.05, 4.69) is 4.72 Å². The fraction of sp³-hybridized carbons (Fsp3) is 0.364. The highest BCUT2D eigenvalue weighted by Gasteiger charge is 2.16. The first-order valence-electron chi connectivity index (χ1n) is 5.30. The quantitative estimate of drug-likeness (QED) is 0.766. The van der Waals surface area contributed by atoms with Crippen molar-refractivity contribution in [3.63, 3.8) is 0 Å². The van der Waals surface area contributed by atoms with Gasteiger partial charge in [0, 0.05) is 13.0 Å². The summed E-state index contributed by atoms with van der Waals surface area (Å²) in [5.74, 6) is -1.48. The minimum Gasteiger partial charge on any atom is -0.481 e. The van der Waals surface area contributed by atoms with Crippen molar-refractivity contribution in [2.45, 2.75) is 24.7 Å². The summed E-state index contributed by atoms with van der Waals surface area (Å²) in [6.07, 6.45) is 0.0970. The van der Waals surface area contributed by atoms with Crippen LogP contribution in [0.5, 0.6) is 0 Å². The van der Waals surface area contributed by atoms with E-state index in [1.807, 2.05) is 0 Å². The molecule has 1 aromatic carbocycles. The third-order valence-electron chi connectivity index (χ3n) is 2.29. The van der Waals surface area contributed by atoms with Crippen LogP contribution in [0.2, 0.25) is 0 Å². The van der Waals surface area contributed by atoms with Crippen molar-refractivity contribution in [3.05, 3.63) is 29.6 Å². The SMILES string of the molecule is Cc1cc(F)ccc1S(=O)(=O)NCCCC(=O)O. The Labute approximate surface area is 105 Å². The number of aryl methyl sites for hydroxylation is 1. The van der Waals surface area contributed by atoms with Crippen LogP contribution in [-0.4, -0.2) is 26.0 Å². The van der Waals surface area contributed by atoms with E-state index in [0.717, 1.165) is 12.1 Å². The molecule has 0 aliphatic rings. The van der Waals surface area contributed by atoms with Gasteiger partial charge in [0.2, 0.25) is 10.0 Å². The number of carbonyl (C=O) groups is 1. The van der Waals surface area contributed by atoms with Crippen LogP contribution < -0.4 is 4.72 Å². The first kappa shape index (κ1) is 14.6. The van der Waals surface area contributed by atoms with Gasteiger partial charge in [-0.3, -0.25) is 4.79 Å². The zero-order valence-electron chi connectivity index (χ0n) is 9.81. The Kier molecular flexibility index (Phi) is 4.80. The molecule has 0 spiro atoms. The lowest BCUT2D eigenvalue weighted by Crippen LogP contribution is -2.26. The lowest BCUT2D eigenvalue weighted by molar-refractivity contribution is -0.137. The standard InChI is InChI=1S/C11H14FNO4S/c1-8-7-9(12)4-5-10(8)18(16,17)13-6-2-3-11(14)15/h4-5,7,13H,2-3,6H2,1H3,(H,14,15). The molecule has 0 aromatic heterocycles. The van der Waals surface area contributed by atoms with Crippen LogP contribution in [0, 0.1) is 12.7 Å². The van der Waals surface area contributed by atoms with Gasteiger partial charge in [0.15, 0.2) is 0 Å². The number of hydrogen-bond donors (Lipinski definition) is 2. The van der Waals surface area contributed by atoms with Gasteiger partial charge in [-0.1, -0.05) is 0 Å².